The first-order valence-corrected chi connectivity index (χ1v) is 11.0. The number of sulfonamides is 1. The molecule has 1 saturated heterocycles. The van der Waals surface area contributed by atoms with Crippen LogP contribution in [0.2, 0.25) is 0 Å². The van der Waals surface area contributed by atoms with Crippen LogP contribution in [0.25, 0.3) is 0 Å². The Bertz CT molecular complexity index is 882. The second kappa shape index (κ2) is 9.25. The maximum atomic E-state index is 12.8. The summed E-state index contributed by atoms with van der Waals surface area (Å²) >= 11 is 0. The van der Waals surface area contributed by atoms with E-state index in [0.29, 0.717) is 42.5 Å². The average molecular weight is 407 g/mol. The van der Waals surface area contributed by atoms with E-state index in [1.165, 1.54) is 6.26 Å². The maximum Gasteiger partial charge on any atom is 0.341 e. The zero-order valence-electron chi connectivity index (χ0n) is 16.0. The molecule has 152 valence electrons. The molecule has 0 bridgehead atoms. The van der Waals surface area contributed by atoms with E-state index < -0.39 is 16.0 Å². The highest BCUT2D eigenvalue weighted by molar-refractivity contribution is 7.89. The summed E-state index contributed by atoms with van der Waals surface area (Å²) in [4.78, 5) is 12.2. The molecule has 1 fully saturated rings. The second-order valence-electron chi connectivity index (χ2n) is 6.67. The van der Waals surface area contributed by atoms with E-state index in [-0.39, 0.29) is 0 Å². The Kier molecular flexibility index (Phi) is 6.74. The van der Waals surface area contributed by atoms with Crippen LogP contribution in [-0.4, -0.2) is 38.4 Å². The van der Waals surface area contributed by atoms with Gasteiger partial charge in [0.25, 0.3) is 0 Å². The molecule has 1 N–H and O–H groups in total. The second-order valence-corrected chi connectivity index (χ2v) is 8.61. The van der Waals surface area contributed by atoms with E-state index >= 15 is 0 Å². The number of benzene rings is 1. The van der Waals surface area contributed by atoms with Gasteiger partial charge in [0.1, 0.15) is 11.3 Å². The zero-order chi connectivity index (χ0) is 20.0. The Morgan fingerprint density at radius 3 is 2.43 bits per heavy atom. The van der Waals surface area contributed by atoms with E-state index in [1.54, 1.807) is 41.6 Å². The minimum absolute atomic E-state index is 0.291. The van der Waals surface area contributed by atoms with Gasteiger partial charge in [-0.2, -0.15) is 4.31 Å². The van der Waals surface area contributed by atoms with E-state index in [0.717, 1.165) is 31.4 Å². The molecule has 2 heterocycles. The molecule has 0 radical (unpaired) electrons. The number of carbonyl (C=O) groups excluding carboxylic acids is 1. The van der Waals surface area contributed by atoms with Gasteiger partial charge in [-0.25, -0.2) is 13.2 Å². The summed E-state index contributed by atoms with van der Waals surface area (Å²) in [6.45, 7) is 3.50. The molecule has 2 aromatic rings. The van der Waals surface area contributed by atoms with Gasteiger partial charge in [-0.3, -0.25) is 0 Å². The third kappa shape index (κ3) is 4.74. The Morgan fingerprint density at radius 2 is 1.79 bits per heavy atom. The SMILES string of the molecule is CCOC(=O)c1ccoc1CNc1ccc(S(=O)(=O)N2CCCCCC2)cc1. The predicted octanol–water partition coefficient (Wildman–Crippen LogP) is 3.63. The summed E-state index contributed by atoms with van der Waals surface area (Å²) in [5.41, 5.74) is 1.12. The van der Waals surface area contributed by atoms with Gasteiger partial charge < -0.3 is 14.5 Å². The summed E-state index contributed by atoms with van der Waals surface area (Å²) in [6, 6.07) is 8.23. The normalized spacial score (nSPS) is 15.8. The molecular weight excluding hydrogens is 380 g/mol. The van der Waals surface area contributed by atoms with Crippen LogP contribution in [-0.2, 0) is 21.3 Å². The standard InChI is InChI=1S/C20H26N2O5S/c1-2-26-20(23)18-11-14-27-19(18)15-21-16-7-9-17(10-8-16)28(24,25)22-12-5-3-4-6-13-22/h7-11,14,21H,2-6,12-13,15H2,1H3. The molecule has 0 amide bonds. The van der Waals surface area contributed by atoms with Gasteiger partial charge in [-0.1, -0.05) is 12.8 Å². The lowest BCUT2D eigenvalue weighted by molar-refractivity contribution is 0.0524. The number of rotatable bonds is 7. The molecule has 1 aliphatic rings. The number of carbonyl (C=O) groups is 1. The van der Waals surface area contributed by atoms with Crippen molar-refractivity contribution in [3.05, 3.63) is 47.9 Å². The number of esters is 1. The van der Waals surface area contributed by atoms with Crippen molar-refractivity contribution in [2.75, 3.05) is 25.0 Å². The summed E-state index contributed by atoms with van der Waals surface area (Å²) in [7, 11) is -3.46. The monoisotopic (exact) mass is 406 g/mol. The smallest absolute Gasteiger partial charge is 0.341 e. The molecule has 0 spiro atoms. The van der Waals surface area contributed by atoms with Crippen molar-refractivity contribution in [2.24, 2.45) is 0 Å². The first-order valence-electron chi connectivity index (χ1n) is 9.60. The van der Waals surface area contributed by atoms with Crippen molar-refractivity contribution in [3.8, 4) is 0 Å². The molecule has 0 saturated carbocycles. The van der Waals surface area contributed by atoms with Gasteiger partial charge in [-0.05, 0) is 50.1 Å². The number of hydrogen-bond donors (Lipinski definition) is 1. The Morgan fingerprint density at radius 1 is 1.11 bits per heavy atom. The van der Waals surface area contributed by atoms with Crippen molar-refractivity contribution >= 4 is 21.7 Å². The quantitative estimate of drug-likeness (QED) is 0.707. The van der Waals surface area contributed by atoms with Crippen LogP contribution in [0.5, 0.6) is 0 Å². The Hall–Kier alpha value is -2.32. The molecule has 28 heavy (non-hydrogen) atoms. The average Bonchev–Trinajstić information content (AvgIpc) is 2.98. The van der Waals surface area contributed by atoms with Crippen LogP contribution in [0.15, 0.2) is 45.9 Å². The van der Waals surface area contributed by atoms with Crippen molar-refractivity contribution in [3.63, 3.8) is 0 Å². The van der Waals surface area contributed by atoms with Crippen LogP contribution in [0.4, 0.5) is 5.69 Å². The first kappa shape index (κ1) is 20.4. The lowest BCUT2D eigenvalue weighted by atomic mass is 10.2. The molecule has 8 heteroatoms. The molecule has 0 aliphatic carbocycles. The van der Waals surface area contributed by atoms with Crippen molar-refractivity contribution in [1.29, 1.82) is 0 Å². The van der Waals surface area contributed by atoms with Gasteiger partial charge in [0.05, 0.1) is 24.3 Å². The van der Waals surface area contributed by atoms with Gasteiger partial charge >= 0.3 is 5.97 Å². The number of ether oxygens (including phenoxy) is 1. The summed E-state index contributed by atoms with van der Waals surface area (Å²) in [5, 5.41) is 3.14. The van der Waals surface area contributed by atoms with Crippen molar-refractivity contribution in [1.82, 2.24) is 4.31 Å². The molecule has 3 rings (SSSR count). The number of nitrogens with zero attached hydrogens (tertiary/aromatic N) is 1. The maximum absolute atomic E-state index is 12.8. The van der Waals surface area contributed by atoms with Crippen molar-refractivity contribution < 1.29 is 22.4 Å². The predicted molar refractivity (Wildman–Crippen MR) is 106 cm³/mol. The number of furan rings is 1. The first-order chi connectivity index (χ1) is 13.5. The van der Waals surface area contributed by atoms with Gasteiger partial charge in [0.15, 0.2) is 0 Å². The van der Waals surface area contributed by atoms with E-state index in [4.69, 9.17) is 9.15 Å². The number of anilines is 1. The molecular formula is C20H26N2O5S. The van der Waals surface area contributed by atoms with Gasteiger partial charge in [-0.15, -0.1) is 0 Å². The zero-order valence-corrected chi connectivity index (χ0v) is 16.8. The molecule has 0 atom stereocenters. The molecule has 1 aromatic carbocycles. The largest absolute Gasteiger partial charge is 0.467 e. The fourth-order valence-corrected chi connectivity index (χ4v) is 4.74. The van der Waals surface area contributed by atoms with Crippen LogP contribution in [0, 0.1) is 0 Å². The third-order valence-corrected chi connectivity index (χ3v) is 6.66. The Labute approximate surface area is 165 Å². The Balaban J connectivity index is 1.65. The number of hydrogen-bond acceptors (Lipinski definition) is 6. The van der Waals surface area contributed by atoms with Crippen LogP contribution in [0.3, 0.4) is 0 Å². The minimum Gasteiger partial charge on any atom is -0.467 e. The van der Waals surface area contributed by atoms with Gasteiger partial charge in [0, 0.05) is 18.8 Å². The van der Waals surface area contributed by atoms with E-state index in [2.05, 4.69) is 5.32 Å². The van der Waals surface area contributed by atoms with Crippen molar-refractivity contribution in [2.45, 2.75) is 44.0 Å². The summed E-state index contributed by atoms with van der Waals surface area (Å²) < 4.78 is 37.6. The molecule has 1 aliphatic heterocycles. The van der Waals surface area contributed by atoms with E-state index in [9.17, 15) is 13.2 Å². The number of nitrogens with one attached hydrogen (secondary N) is 1. The topological polar surface area (TPSA) is 88.8 Å². The lowest BCUT2D eigenvalue weighted by Gasteiger charge is -2.20. The summed E-state index contributed by atoms with van der Waals surface area (Å²) in [6.07, 6.45) is 5.42. The minimum atomic E-state index is -3.46. The van der Waals surface area contributed by atoms with E-state index in [1.807, 2.05) is 0 Å². The lowest BCUT2D eigenvalue weighted by Crippen LogP contribution is -2.31. The highest BCUT2D eigenvalue weighted by Gasteiger charge is 2.25. The molecule has 0 unspecified atom stereocenters. The fourth-order valence-electron chi connectivity index (χ4n) is 3.23. The molecule has 7 nitrogen and oxygen atoms in total. The van der Waals surface area contributed by atoms with Gasteiger partial charge in [0.2, 0.25) is 10.0 Å². The molecule has 1 aromatic heterocycles. The highest BCUT2D eigenvalue weighted by Crippen LogP contribution is 2.22. The fraction of sp³-hybridized carbons (Fsp3) is 0.450. The van der Waals surface area contributed by atoms with Crippen LogP contribution < -0.4 is 5.32 Å². The van der Waals surface area contributed by atoms with Crippen LogP contribution in [0.1, 0.15) is 48.7 Å². The van der Waals surface area contributed by atoms with Crippen LogP contribution >= 0.6 is 0 Å². The summed E-state index contributed by atoms with van der Waals surface area (Å²) in [5.74, 6) is 0.0478. The highest BCUT2D eigenvalue weighted by atomic mass is 32.2. The third-order valence-electron chi connectivity index (χ3n) is 4.75.